The Kier molecular flexibility index (Phi) is 15.2. The molecule has 0 saturated carbocycles. The van der Waals surface area contributed by atoms with Crippen molar-refractivity contribution in [3.8, 4) is 0 Å². The molecule has 318 valence electrons. The lowest BCUT2D eigenvalue weighted by atomic mass is 9.93. The Hall–Kier alpha value is -6.12. The minimum Gasteiger partial charge on any atom is -0.478 e. The Morgan fingerprint density at radius 1 is 0.750 bits per heavy atom. The van der Waals surface area contributed by atoms with E-state index in [0.29, 0.717) is 25.1 Å². The number of aromatic nitrogens is 1. The molecular formula is C46H54N4O10. The second-order valence-electron chi connectivity index (χ2n) is 15.3. The number of rotatable bonds is 14. The number of pyridine rings is 1. The lowest BCUT2D eigenvalue weighted by Crippen LogP contribution is -2.45. The number of esters is 2. The SMILES string of the molecule is CCC(O)(CC)c1ccc(N2CC[C@H](Cc3ccccc3N3CCN(C)CC3)C2=O)cn1.Cc1ccc(C(=O)O[C@@H](C(=O)O)[C@@H](OC(=O)c2ccc(C)cc2)C(=O)O)cc1. The molecule has 4 aromatic rings. The van der Waals surface area contributed by atoms with Crippen LogP contribution in [0.1, 0.15) is 76.2 Å². The summed E-state index contributed by atoms with van der Waals surface area (Å²) in [6, 6.07) is 24.4. The summed E-state index contributed by atoms with van der Waals surface area (Å²) < 4.78 is 9.64. The van der Waals surface area contributed by atoms with Crippen LogP contribution in [0, 0.1) is 19.8 Å². The third-order valence-electron chi connectivity index (χ3n) is 11.1. The van der Waals surface area contributed by atoms with Gasteiger partial charge in [-0.3, -0.25) is 9.78 Å². The van der Waals surface area contributed by atoms with Gasteiger partial charge < -0.3 is 39.5 Å². The van der Waals surface area contributed by atoms with Crippen LogP contribution in [0.15, 0.2) is 91.1 Å². The van der Waals surface area contributed by atoms with Crippen LogP contribution in [-0.4, -0.2) is 107 Å². The van der Waals surface area contributed by atoms with E-state index in [-0.39, 0.29) is 23.0 Å². The number of carboxylic acids is 2. The third kappa shape index (κ3) is 11.1. The number of carbonyl (C=O) groups excluding carboxylic acids is 3. The van der Waals surface area contributed by atoms with Crippen LogP contribution in [0.2, 0.25) is 0 Å². The summed E-state index contributed by atoms with van der Waals surface area (Å²) in [5, 5.41) is 29.4. The molecule has 0 unspecified atom stereocenters. The molecule has 2 fully saturated rings. The second kappa shape index (κ2) is 20.2. The Morgan fingerprint density at radius 3 is 1.73 bits per heavy atom. The van der Waals surface area contributed by atoms with Crippen LogP contribution in [0.5, 0.6) is 0 Å². The molecule has 0 spiro atoms. The van der Waals surface area contributed by atoms with E-state index in [4.69, 9.17) is 9.47 Å². The molecule has 3 heterocycles. The molecule has 14 nitrogen and oxygen atoms in total. The van der Waals surface area contributed by atoms with Crippen molar-refractivity contribution in [2.75, 3.05) is 49.6 Å². The van der Waals surface area contributed by atoms with Crippen molar-refractivity contribution >= 4 is 41.2 Å². The van der Waals surface area contributed by atoms with Gasteiger partial charge in [-0.2, -0.15) is 0 Å². The van der Waals surface area contributed by atoms with Crippen molar-refractivity contribution in [3.63, 3.8) is 0 Å². The number of benzene rings is 3. The zero-order valence-electron chi connectivity index (χ0n) is 34.7. The van der Waals surface area contributed by atoms with E-state index in [2.05, 4.69) is 46.1 Å². The first-order valence-electron chi connectivity index (χ1n) is 20.2. The molecule has 2 aliphatic rings. The van der Waals surface area contributed by atoms with E-state index in [9.17, 15) is 39.3 Å². The molecule has 6 rings (SSSR count). The van der Waals surface area contributed by atoms with Crippen molar-refractivity contribution in [1.82, 2.24) is 9.88 Å². The van der Waals surface area contributed by atoms with E-state index in [1.807, 2.05) is 30.9 Å². The zero-order valence-corrected chi connectivity index (χ0v) is 34.7. The topological polar surface area (TPSA) is 187 Å². The first-order chi connectivity index (χ1) is 28.6. The van der Waals surface area contributed by atoms with Gasteiger partial charge in [0.05, 0.1) is 28.7 Å². The Morgan fingerprint density at radius 2 is 1.27 bits per heavy atom. The van der Waals surface area contributed by atoms with Crippen molar-refractivity contribution in [1.29, 1.82) is 0 Å². The molecule has 60 heavy (non-hydrogen) atoms. The monoisotopic (exact) mass is 822 g/mol. The number of hydrogen-bond donors (Lipinski definition) is 3. The lowest BCUT2D eigenvalue weighted by Gasteiger charge is -2.35. The number of nitrogens with zero attached hydrogens (tertiary/aromatic N) is 4. The maximum atomic E-state index is 13.3. The number of carbonyl (C=O) groups is 5. The van der Waals surface area contributed by atoms with Crippen molar-refractivity contribution in [3.05, 3.63) is 125 Å². The highest BCUT2D eigenvalue weighted by Crippen LogP contribution is 2.33. The van der Waals surface area contributed by atoms with Gasteiger partial charge in [-0.15, -0.1) is 0 Å². The predicted octanol–water partition coefficient (Wildman–Crippen LogP) is 5.66. The van der Waals surface area contributed by atoms with Crippen molar-refractivity contribution < 1.29 is 48.8 Å². The number of aryl methyl sites for hydroxylation is 2. The van der Waals surface area contributed by atoms with Crippen molar-refractivity contribution in [2.45, 2.75) is 71.2 Å². The van der Waals surface area contributed by atoms with Crippen LogP contribution < -0.4 is 9.80 Å². The van der Waals surface area contributed by atoms with Gasteiger partial charge in [-0.1, -0.05) is 67.4 Å². The molecule has 2 aliphatic heterocycles. The number of ether oxygens (including phenoxy) is 2. The van der Waals surface area contributed by atoms with Gasteiger partial charge in [0.25, 0.3) is 0 Å². The van der Waals surface area contributed by atoms with Crippen LogP contribution >= 0.6 is 0 Å². The Bertz CT molecular complexity index is 2040. The van der Waals surface area contributed by atoms with Gasteiger partial charge in [-0.25, -0.2) is 19.2 Å². The minimum absolute atomic E-state index is 0.00786. The van der Waals surface area contributed by atoms with Gasteiger partial charge in [0, 0.05) is 44.3 Å². The number of aliphatic carboxylic acids is 2. The number of likely N-dealkylation sites (N-methyl/N-ethyl adjacent to an activating group) is 1. The average molecular weight is 823 g/mol. The quantitative estimate of drug-likeness (QED) is 0.132. The van der Waals surface area contributed by atoms with E-state index in [1.165, 1.54) is 35.5 Å². The van der Waals surface area contributed by atoms with E-state index < -0.39 is 41.7 Å². The molecule has 0 radical (unpaired) electrons. The normalized spacial score (nSPS) is 16.6. The number of aliphatic hydroxyl groups is 1. The predicted molar refractivity (Wildman–Crippen MR) is 225 cm³/mol. The number of amides is 1. The second-order valence-corrected chi connectivity index (χ2v) is 15.3. The number of piperazine rings is 1. The van der Waals surface area contributed by atoms with E-state index in [0.717, 1.165) is 55.8 Å². The molecule has 0 bridgehead atoms. The Labute approximate surface area is 350 Å². The summed E-state index contributed by atoms with van der Waals surface area (Å²) in [5.41, 5.74) is 4.93. The average Bonchev–Trinajstić information content (AvgIpc) is 3.61. The minimum atomic E-state index is -2.22. The lowest BCUT2D eigenvalue weighted by molar-refractivity contribution is -0.166. The summed E-state index contributed by atoms with van der Waals surface area (Å²) in [6.45, 7) is 12.4. The highest BCUT2D eigenvalue weighted by Gasteiger charge is 2.41. The largest absolute Gasteiger partial charge is 0.478 e. The first-order valence-corrected chi connectivity index (χ1v) is 20.2. The standard InChI is InChI=1S/C26H36N4O2.C20H18O8/c1-4-26(32,5-2)24-11-10-22(19-27-24)30-13-12-21(25(30)31)18-20-8-6-7-9-23(20)29-16-14-28(3)15-17-29;1-11-3-7-13(8-4-11)19(25)27-15(17(21)22)16(18(23)24)28-20(26)14-9-5-12(2)6-10-14/h6-11,19,21,32H,4-5,12-18H2,1-3H3;3-10,15-16H,1-2H3,(H,21,22)(H,23,24)/t21-;15-,16-/m11/s1. The summed E-state index contributed by atoms with van der Waals surface area (Å²) in [5.74, 6) is -5.45. The van der Waals surface area contributed by atoms with Crippen LogP contribution in [0.4, 0.5) is 11.4 Å². The molecule has 14 heteroatoms. The van der Waals surface area contributed by atoms with Crippen LogP contribution in [-0.2, 0) is 35.9 Å². The molecule has 1 amide bonds. The maximum absolute atomic E-state index is 13.3. The fourth-order valence-corrected chi connectivity index (χ4v) is 7.15. The number of carboxylic acid groups (broad SMARTS) is 2. The zero-order chi connectivity index (χ0) is 43.6. The van der Waals surface area contributed by atoms with E-state index >= 15 is 0 Å². The van der Waals surface area contributed by atoms with Crippen LogP contribution in [0.3, 0.4) is 0 Å². The molecule has 3 N–H and O–H groups in total. The summed E-state index contributed by atoms with van der Waals surface area (Å²) in [6.07, 6.45) is 0.159. The highest BCUT2D eigenvalue weighted by atomic mass is 16.6. The molecule has 1 aromatic heterocycles. The first kappa shape index (κ1) is 45.0. The van der Waals surface area contributed by atoms with Gasteiger partial charge in [0.2, 0.25) is 18.1 Å². The van der Waals surface area contributed by atoms with Gasteiger partial charge in [0.1, 0.15) is 5.60 Å². The maximum Gasteiger partial charge on any atom is 0.349 e. The molecule has 3 atom stereocenters. The molecule has 0 aliphatic carbocycles. The number of para-hydroxylation sites is 1. The Balaban J connectivity index is 0.000000230. The molecule has 3 aromatic carbocycles. The third-order valence-corrected chi connectivity index (χ3v) is 11.1. The number of hydrogen-bond acceptors (Lipinski definition) is 11. The number of anilines is 2. The fraction of sp³-hybridized carbons (Fsp3) is 0.391. The van der Waals surface area contributed by atoms with E-state index in [1.54, 1.807) is 44.3 Å². The fourth-order valence-electron chi connectivity index (χ4n) is 7.15. The molecular weight excluding hydrogens is 769 g/mol. The summed E-state index contributed by atoms with van der Waals surface area (Å²) >= 11 is 0. The smallest absolute Gasteiger partial charge is 0.349 e. The summed E-state index contributed by atoms with van der Waals surface area (Å²) in [7, 11) is 2.17. The van der Waals surface area contributed by atoms with Gasteiger partial charge >= 0.3 is 23.9 Å². The molecule has 2 saturated heterocycles. The van der Waals surface area contributed by atoms with Crippen molar-refractivity contribution in [2.24, 2.45) is 5.92 Å². The van der Waals surface area contributed by atoms with Crippen LogP contribution in [0.25, 0.3) is 0 Å². The van der Waals surface area contributed by atoms with Gasteiger partial charge in [0.15, 0.2) is 0 Å². The van der Waals surface area contributed by atoms with Gasteiger partial charge in [-0.05, 0) is 94.6 Å². The highest BCUT2D eigenvalue weighted by molar-refractivity contribution is 5.97. The summed E-state index contributed by atoms with van der Waals surface area (Å²) in [4.78, 5) is 71.8.